The Labute approximate surface area is 117 Å². The maximum absolute atomic E-state index is 12.8. The minimum Gasteiger partial charge on any atom is -0.460 e. The molecule has 0 aliphatic heterocycles. The standard InChI is InChI=1S/C14H10F3NO3/c1-2-21-13(20)12(19)8-3-4-10-9(5-8)6-18-7-11(10)14(15,16)17/h3-7H,2H2,1H3. The second-order valence-electron chi connectivity index (χ2n) is 4.17. The molecule has 21 heavy (non-hydrogen) atoms. The first kappa shape index (κ1) is 15.0. The van der Waals surface area contributed by atoms with Crippen LogP contribution >= 0.6 is 0 Å². The molecule has 0 atom stereocenters. The Morgan fingerprint density at radius 1 is 1.24 bits per heavy atom. The van der Waals surface area contributed by atoms with Crippen LogP contribution in [0.25, 0.3) is 10.8 Å². The zero-order valence-corrected chi connectivity index (χ0v) is 10.9. The number of hydrogen-bond acceptors (Lipinski definition) is 4. The van der Waals surface area contributed by atoms with Crippen molar-refractivity contribution in [1.29, 1.82) is 0 Å². The lowest BCUT2D eigenvalue weighted by Crippen LogP contribution is -2.17. The van der Waals surface area contributed by atoms with Gasteiger partial charge in [0.2, 0.25) is 0 Å². The average molecular weight is 297 g/mol. The summed E-state index contributed by atoms with van der Waals surface area (Å²) in [5.74, 6) is -1.95. The minimum atomic E-state index is -4.54. The van der Waals surface area contributed by atoms with Gasteiger partial charge in [-0.2, -0.15) is 13.2 Å². The van der Waals surface area contributed by atoms with Gasteiger partial charge < -0.3 is 4.74 Å². The van der Waals surface area contributed by atoms with E-state index in [2.05, 4.69) is 9.72 Å². The van der Waals surface area contributed by atoms with Gasteiger partial charge in [-0.1, -0.05) is 12.1 Å². The SMILES string of the molecule is CCOC(=O)C(=O)c1ccc2c(C(F)(F)F)cncc2c1. The molecule has 0 radical (unpaired) electrons. The number of halogens is 3. The first-order valence-electron chi connectivity index (χ1n) is 6.01. The predicted molar refractivity (Wildman–Crippen MR) is 67.7 cm³/mol. The highest BCUT2D eigenvalue weighted by molar-refractivity contribution is 6.40. The number of hydrogen-bond donors (Lipinski definition) is 0. The number of alkyl halides is 3. The van der Waals surface area contributed by atoms with E-state index in [4.69, 9.17) is 0 Å². The molecule has 0 fully saturated rings. The molecule has 2 aromatic rings. The quantitative estimate of drug-likeness (QED) is 0.496. The Hall–Kier alpha value is -2.44. The molecule has 0 bridgehead atoms. The van der Waals surface area contributed by atoms with E-state index in [0.717, 1.165) is 18.3 Å². The van der Waals surface area contributed by atoms with Crippen molar-refractivity contribution >= 4 is 22.5 Å². The molecule has 0 N–H and O–H groups in total. The van der Waals surface area contributed by atoms with Gasteiger partial charge >= 0.3 is 12.1 Å². The lowest BCUT2D eigenvalue weighted by atomic mass is 10.0. The van der Waals surface area contributed by atoms with Crippen molar-refractivity contribution in [3.05, 3.63) is 41.7 Å². The molecule has 0 saturated carbocycles. The van der Waals surface area contributed by atoms with Crippen LogP contribution in [0.2, 0.25) is 0 Å². The van der Waals surface area contributed by atoms with Gasteiger partial charge in [0.05, 0.1) is 12.2 Å². The molecule has 0 aliphatic rings. The van der Waals surface area contributed by atoms with Crippen LogP contribution in [0.1, 0.15) is 22.8 Å². The number of pyridine rings is 1. The van der Waals surface area contributed by atoms with E-state index in [0.29, 0.717) is 0 Å². The van der Waals surface area contributed by atoms with Crippen molar-refractivity contribution in [3.63, 3.8) is 0 Å². The van der Waals surface area contributed by atoms with Gasteiger partial charge in [0.25, 0.3) is 5.78 Å². The number of benzene rings is 1. The lowest BCUT2D eigenvalue weighted by molar-refractivity contribution is -0.138. The summed E-state index contributed by atoms with van der Waals surface area (Å²) in [7, 11) is 0. The van der Waals surface area contributed by atoms with Crippen molar-refractivity contribution in [2.45, 2.75) is 13.1 Å². The van der Waals surface area contributed by atoms with E-state index >= 15 is 0 Å². The molecular weight excluding hydrogens is 287 g/mol. The molecule has 4 nitrogen and oxygen atoms in total. The third-order valence-electron chi connectivity index (χ3n) is 2.79. The van der Waals surface area contributed by atoms with Crippen molar-refractivity contribution in [2.24, 2.45) is 0 Å². The van der Waals surface area contributed by atoms with Crippen LogP contribution in [0.4, 0.5) is 13.2 Å². The fraction of sp³-hybridized carbons (Fsp3) is 0.214. The lowest BCUT2D eigenvalue weighted by Gasteiger charge is -2.10. The van der Waals surface area contributed by atoms with E-state index in [1.54, 1.807) is 6.92 Å². The smallest absolute Gasteiger partial charge is 0.418 e. The van der Waals surface area contributed by atoms with Crippen LogP contribution in [0, 0.1) is 0 Å². The molecule has 0 aliphatic carbocycles. The molecule has 110 valence electrons. The molecular formula is C14H10F3NO3. The molecule has 2 rings (SSSR count). The largest absolute Gasteiger partial charge is 0.460 e. The van der Waals surface area contributed by atoms with Gasteiger partial charge in [-0.15, -0.1) is 0 Å². The average Bonchev–Trinajstić information content (AvgIpc) is 2.44. The molecule has 1 aromatic heterocycles. The Kier molecular flexibility index (Phi) is 3.93. The Bertz CT molecular complexity index is 710. The number of Topliss-reactive ketones (excluding diaryl/α,β-unsaturated/α-hetero) is 1. The van der Waals surface area contributed by atoms with Crippen LogP contribution in [0.15, 0.2) is 30.6 Å². The number of carbonyl (C=O) groups excluding carboxylic acids is 2. The summed E-state index contributed by atoms with van der Waals surface area (Å²) < 4.78 is 43.0. The summed E-state index contributed by atoms with van der Waals surface area (Å²) in [6, 6.07) is 3.50. The first-order chi connectivity index (χ1) is 9.84. The molecule has 0 saturated heterocycles. The highest BCUT2D eigenvalue weighted by Crippen LogP contribution is 2.34. The van der Waals surface area contributed by atoms with Crippen molar-refractivity contribution in [2.75, 3.05) is 6.61 Å². The monoisotopic (exact) mass is 297 g/mol. The molecule has 1 aromatic carbocycles. The molecule has 0 amide bonds. The minimum absolute atomic E-state index is 0.0396. The van der Waals surface area contributed by atoms with Crippen molar-refractivity contribution < 1.29 is 27.5 Å². The summed E-state index contributed by atoms with van der Waals surface area (Å²) in [5, 5.41) is 0.0397. The second-order valence-corrected chi connectivity index (χ2v) is 4.17. The van der Waals surface area contributed by atoms with E-state index in [1.807, 2.05) is 0 Å². The fourth-order valence-corrected chi connectivity index (χ4v) is 1.86. The Balaban J connectivity index is 2.49. The number of rotatable bonds is 3. The topological polar surface area (TPSA) is 56.3 Å². The van der Waals surface area contributed by atoms with E-state index < -0.39 is 23.5 Å². The summed E-state index contributed by atoms with van der Waals surface area (Å²) in [5.41, 5.74) is -0.933. The number of ketones is 1. The zero-order chi connectivity index (χ0) is 15.6. The fourth-order valence-electron chi connectivity index (χ4n) is 1.86. The third kappa shape index (κ3) is 3.01. The number of fused-ring (bicyclic) bond motifs is 1. The Morgan fingerprint density at radius 2 is 1.95 bits per heavy atom. The Morgan fingerprint density at radius 3 is 2.57 bits per heavy atom. The second kappa shape index (κ2) is 5.51. The van der Waals surface area contributed by atoms with Gasteiger partial charge in [0, 0.05) is 23.3 Å². The third-order valence-corrected chi connectivity index (χ3v) is 2.79. The summed E-state index contributed by atoms with van der Waals surface area (Å²) in [6.07, 6.45) is -2.62. The summed E-state index contributed by atoms with van der Waals surface area (Å²) >= 11 is 0. The predicted octanol–water partition coefficient (Wildman–Crippen LogP) is 3.00. The van der Waals surface area contributed by atoms with Gasteiger partial charge in [0.15, 0.2) is 0 Å². The van der Waals surface area contributed by atoms with Crippen LogP contribution in [-0.2, 0) is 15.7 Å². The first-order valence-corrected chi connectivity index (χ1v) is 6.01. The normalized spacial score (nSPS) is 11.4. The molecule has 0 unspecified atom stereocenters. The zero-order valence-electron chi connectivity index (χ0n) is 10.9. The van der Waals surface area contributed by atoms with Crippen molar-refractivity contribution in [3.8, 4) is 0 Å². The highest BCUT2D eigenvalue weighted by Gasteiger charge is 2.33. The van der Waals surface area contributed by atoms with Crippen LogP contribution in [0.3, 0.4) is 0 Å². The highest BCUT2D eigenvalue weighted by atomic mass is 19.4. The van der Waals surface area contributed by atoms with Crippen LogP contribution in [-0.4, -0.2) is 23.3 Å². The number of nitrogens with zero attached hydrogens (tertiary/aromatic N) is 1. The number of aromatic nitrogens is 1. The van der Waals surface area contributed by atoms with Gasteiger partial charge in [-0.3, -0.25) is 9.78 Å². The number of ether oxygens (including phenoxy) is 1. The number of carbonyl (C=O) groups is 2. The van der Waals surface area contributed by atoms with E-state index in [1.165, 1.54) is 12.3 Å². The number of esters is 1. The maximum Gasteiger partial charge on any atom is 0.418 e. The molecule has 0 spiro atoms. The van der Waals surface area contributed by atoms with Crippen LogP contribution < -0.4 is 0 Å². The van der Waals surface area contributed by atoms with Crippen molar-refractivity contribution in [1.82, 2.24) is 4.98 Å². The summed E-state index contributed by atoms with van der Waals surface area (Å²) in [4.78, 5) is 26.6. The van der Waals surface area contributed by atoms with Crippen LogP contribution in [0.5, 0.6) is 0 Å². The van der Waals surface area contributed by atoms with Gasteiger partial charge in [0.1, 0.15) is 0 Å². The molecule has 7 heteroatoms. The summed E-state index contributed by atoms with van der Waals surface area (Å²) in [6.45, 7) is 1.59. The van der Waals surface area contributed by atoms with Gasteiger partial charge in [-0.05, 0) is 18.4 Å². The maximum atomic E-state index is 12.8. The van der Waals surface area contributed by atoms with E-state index in [-0.39, 0.29) is 22.9 Å². The van der Waals surface area contributed by atoms with E-state index in [9.17, 15) is 22.8 Å². The van der Waals surface area contributed by atoms with Gasteiger partial charge in [-0.25, -0.2) is 4.79 Å². The molecule has 1 heterocycles.